The van der Waals surface area contributed by atoms with Gasteiger partial charge in [0.25, 0.3) is 5.91 Å². The molecule has 0 radical (unpaired) electrons. The van der Waals surface area contributed by atoms with Crippen LogP contribution in [0.3, 0.4) is 0 Å². The summed E-state index contributed by atoms with van der Waals surface area (Å²) >= 11 is 3.75. The molecule has 0 aliphatic rings. The Labute approximate surface area is 94.8 Å². The number of amides is 1. The Morgan fingerprint density at radius 3 is 3.00 bits per heavy atom. The highest BCUT2D eigenvalue weighted by Crippen LogP contribution is 2.16. The number of halogens is 1. The standard InChI is InChI=1S/C8H11IN2OS/c1-5(3-10)11-8(12)6-2-7(9)13-4-6/h2,4-5H,3,10H2,1H3,(H,11,12)/t5-/m0/s1. The molecule has 0 aliphatic carbocycles. The van der Waals surface area contributed by atoms with Gasteiger partial charge in [-0.3, -0.25) is 4.79 Å². The highest BCUT2D eigenvalue weighted by Gasteiger charge is 2.09. The Balaban J connectivity index is 2.58. The first-order valence-corrected chi connectivity index (χ1v) is 5.84. The lowest BCUT2D eigenvalue weighted by molar-refractivity contribution is 0.0941. The van der Waals surface area contributed by atoms with Crippen LogP contribution in [0.4, 0.5) is 0 Å². The summed E-state index contributed by atoms with van der Waals surface area (Å²) in [6.07, 6.45) is 0. The van der Waals surface area contributed by atoms with E-state index in [0.717, 1.165) is 8.45 Å². The Bertz CT molecular complexity index is 300. The lowest BCUT2D eigenvalue weighted by atomic mass is 10.3. The normalized spacial score (nSPS) is 12.5. The van der Waals surface area contributed by atoms with Gasteiger partial charge < -0.3 is 11.1 Å². The Morgan fingerprint density at radius 1 is 1.85 bits per heavy atom. The molecular weight excluding hydrogens is 299 g/mol. The molecule has 0 spiro atoms. The highest BCUT2D eigenvalue weighted by molar-refractivity contribution is 14.1. The van der Waals surface area contributed by atoms with Crippen molar-refractivity contribution in [3.63, 3.8) is 0 Å². The zero-order chi connectivity index (χ0) is 9.84. The fourth-order valence-electron chi connectivity index (χ4n) is 0.795. The van der Waals surface area contributed by atoms with Crippen LogP contribution in [-0.4, -0.2) is 18.5 Å². The topological polar surface area (TPSA) is 55.1 Å². The summed E-state index contributed by atoms with van der Waals surface area (Å²) in [5, 5.41) is 4.65. The van der Waals surface area contributed by atoms with Crippen LogP contribution in [0.2, 0.25) is 0 Å². The molecule has 72 valence electrons. The molecule has 0 unspecified atom stereocenters. The number of thiophene rings is 1. The van der Waals surface area contributed by atoms with Gasteiger partial charge in [-0.05, 0) is 35.6 Å². The molecule has 13 heavy (non-hydrogen) atoms. The van der Waals surface area contributed by atoms with Crippen molar-refractivity contribution >= 4 is 39.8 Å². The van der Waals surface area contributed by atoms with Gasteiger partial charge >= 0.3 is 0 Å². The third kappa shape index (κ3) is 3.24. The highest BCUT2D eigenvalue weighted by atomic mass is 127. The Morgan fingerprint density at radius 2 is 2.54 bits per heavy atom. The molecule has 0 aromatic carbocycles. The molecule has 0 saturated carbocycles. The summed E-state index contributed by atoms with van der Waals surface area (Å²) < 4.78 is 1.11. The van der Waals surface area contributed by atoms with E-state index in [4.69, 9.17) is 5.73 Å². The molecule has 5 heteroatoms. The summed E-state index contributed by atoms with van der Waals surface area (Å²) in [4.78, 5) is 11.5. The fraction of sp³-hybridized carbons (Fsp3) is 0.375. The molecule has 1 amide bonds. The van der Waals surface area contributed by atoms with Crippen LogP contribution >= 0.6 is 33.9 Å². The van der Waals surface area contributed by atoms with Crippen LogP contribution in [0, 0.1) is 2.88 Å². The molecule has 0 fully saturated rings. The molecular formula is C8H11IN2OS. The van der Waals surface area contributed by atoms with Crippen molar-refractivity contribution < 1.29 is 4.79 Å². The Kier molecular flexibility index (Phi) is 4.14. The summed E-state index contributed by atoms with van der Waals surface area (Å²) in [6.45, 7) is 2.35. The van der Waals surface area contributed by atoms with Gasteiger partial charge in [0.2, 0.25) is 0 Å². The number of hydrogen-bond acceptors (Lipinski definition) is 3. The SMILES string of the molecule is C[C@@H](CN)NC(=O)c1csc(I)c1. The second-order valence-corrected chi connectivity index (χ2v) is 5.56. The van der Waals surface area contributed by atoms with Crippen molar-refractivity contribution in [3.05, 3.63) is 19.9 Å². The van der Waals surface area contributed by atoms with Crippen LogP contribution < -0.4 is 11.1 Å². The van der Waals surface area contributed by atoms with E-state index in [9.17, 15) is 4.79 Å². The maximum absolute atomic E-state index is 11.5. The van der Waals surface area contributed by atoms with E-state index in [-0.39, 0.29) is 11.9 Å². The summed E-state index contributed by atoms with van der Waals surface area (Å²) in [5.74, 6) is -0.0443. The van der Waals surface area contributed by atoms with Gasteiger partial charge in [-0.15, -0.1) is 11.3 Å². The van der Waals surface area contributed by atoms with Crippen molar-refractivity contribution in [2.45, 2.75) is 13.0 Å². The Hall–Kier alpha value is -0.140. The van der Waals surface area contributed by atoms with Crippen molar-refractivity contribution in [1.82, 2.24) is 5.32 Å². The average molecular weight is 310 g/mol. The molecule has 0 aliphatic heterocycles. The fourth-order valence-corrected chi connectivity index (χ4v) is 2.12. The minimum Gasteiger partial charge on any atom is -0.348 e. The van der Waals surface area contributed by atoms with Crippen molar-refractivity contribution in [3.8, 4) is 0 Å². The van der Waals surface area contributed by atoms with Gasteiger partial charge in [-0.25, -0.2) is 0 Å². The second kappa shape index (κ2) is 4.92. The van der Waals surface area contributed by atoms with E-state index < -0.39 is 0 Å². The van der Waals surface area contributed by atoms with Crippen molar-refractivity contribution in [2.75, 3.05) is 6.54 Å². The van der Waals surface area contributed by atoms with E-state index in [1.165, 1.54) is 0 Å². The molecule has 3 nitrogen and oxygen atoms in total. The molecule has 3 N–H and O–H groups in total. The number of rotatable bonds is 3. The number of carbonyl (C=O) groups is 1. The number of nitrogens with two attached hydrogens (primary N) is 1. The van der Waals surface area contributed by atoms with Gasteiger partial charge in [0, 0.05) is 18.0 Å². The quantitative estimate of drug-likeness (QED) is 0.830. The first kappa shape index (κ1) is 10.9. The molecule has 1 atom stereocenters. The van der Waals surface area contributed by atoms with Crippen LogP contribution in [0.1, 0.15) is 17.3 Å². The van der Waals surface area contributed by atoms with Gasteiger partial charge in [0.1, 0.15) is 0 Å². The van der Waals surface area contributed by atoms with E-state index in [1.54, 1.807) is 11.3 Å². The van der Waals surface area contributed by atoms with Crippen LogP contribution in [0.25, 0.3) is 0 Å². The minimum absolute atomic E-state index is 0.0325. The third-order valence-electron chi connectivity index (χ3n) is 1.56. The predicted octanol–water partition coefficient (Wildman–Crippen LogP) is 1.43. The van der Waals surface area contributed by atoms with Gasteiger partial charge in [0.15, 0.2) is 0 Å². The molecule has 1 aromatic heterocycles. The van der Waals surface area contributed by atoms with Gasteiger partial charge in [-0.2, -0.15) is 0 Å². The summed E-state index contributed by atoms with van der Waals surface area (Å²) in [6, 6.07) is 1.90. The summed E-state index contributed by atoms with van der Waals surface area (Å²) in [7, 11) is 0. The maximum Gasteiger partial charge on any atom is 0.252 e. The largest absolute Gasteiger partial charge is 0.348 e. The molecule has 1 rings (SSSR count). The average Bonchev–Trinajstić information content (AvgIpc) is 2.51. The number of hydrogen-bond donors (Lipinski definition) is 2. The van der Waals surface area contributed by atoms with E-state index in [1.807, 2.05) is 18.4 Å². The molecule has 1 aromatic rings. The maximum atomic E-state index is 11.5. The first-order chi connectivity index (χ1) is 6.13. The smallest absolute Gasteiger partial charge is 0.252 e. The van der Waals surface area contributed by atoms with Gasteiger partial charge in [0.05, 0.1) is 8.45 Å². The summed E-state index contributed by atoms with van der Waals surface area (Å²) in [5.41, 5.74) is 6.11. The van der Waals surface area contributed by atoms with E-state index in [2.05, 4.69) is 27.9 Å². The predicted molar refractivity (Wildman–Crippen MR) is 63.0 cm³/mol. The second-order valence-electron chi connectivity index (χ2n) is 2.75. The molecule has 0 saturated heterocycles. The minimum atomic E-state index is -0.0443. The number of carbonyl (C=O) groups excluding carboxylic acids is 1. The van der Waals surface area contributed by atoms with Crippen molar-refractivity contribution in [1.29, 1.82) is 0 Å². The zero-order valence-corrected chi connectivity index (χ0v) is 10.2. The number of nitrogens with one attached hydrogen (secondary N) is 1. The molecule has 1 heterocycles. The first-order valence-electron chi connectivity index (χ1n) is 3.88. The van der Waals surface area contributed by atoms with E-state index >= 15 is 0 Å². The third-order valence-corrected chi connectivity index (χ3v) is 3.35. The zero-order valence-electron chi connectivity index (χ0n) is 7.21. The van der Waals surface area contributed by atoms with E-state index in [0.29, 0.717) is 6.54 Å². The van der Waals surface area contributed by atoms with Gasteiger partial charge in [-0.1, -0.05) is 0 Å². The lowest BCUT2D eigenvalue weighted by Crippen LogP contribution is -2.37. The van der Waals surface area contributed by atoms with Crippen LogP contribution in [0.5, 0.6) is 0 Å². The lowest BCUT2D eigenvalue weighted by Gasteiger charge is -2.09. The van der Waals surface area contributed by atoms with Crippen molar-refractivity contribution in [2.24, 2.45) is 5.73 Å². The van der Waals surface area contributed by atoms with Crippen LogP contribution in [0.15, 0.2) is 11.4 Å². The monoisotopic (exact) mass is 310 g/mol. The van der Waals surface area contributed by atoms with Crippen LogP contribution in [-0.2, 0) is 0 Å². The molecule has 0 bridgehead atoms.